The van der Waals surface area contributed by atoms with Crippen molar-refractivity contribution in [3.05, 3.63) is 29.8 Å². The minimum Gasteiger partial charge on any atom is -0.354 e. The molecule has 1 aliphatic carbocycles. The van der Waals surface area contributed by atoms with Gasteiger partial charge in [-0.25, -0.2) is 13.6 Å². The Morgan fingerprint density at radius 2 is 1.96 bits per heavy atom. The van der Waals surface area contributed by atoms with E-state index in [-0.39, 0.29) is 40.2 Å². The van der Waals surface area contributed by atoms with E-state index in [9.17, 15) is 12.6 Å². The van der Waals surface area contributed by atoms with Gasteiger partial charge in [-0.2, -0.15) is 0 Å². The first-order chi connectivity index (χ1) is 12.3. The van der Waals surface area contributed by atoms with Gasteiger partial charge in [-0.3, -0.25) is 9.20 Å². The molecule has 0 aliphatic heterocycles. The first-order valence-electron chi connectivity index (χ1n) is 8.79. The fraction of sp³-hybridized carbons (Fsp3) is 0.588. The number of halogens is 1. The van der Waals surface area contributed by atoms with E-state index in [1.54, 1.807) is 19.2 Å². The molecule has 0 bridgehead atoms. The van der Waals surface area contributed by atoms with Crippen LogP contribution in [0.5, 0.6) is 0 Å². The molecule has 0 saturated heterocycles. The zero-order valence-corrected chi connectivity index (χ0v) is 19.6. The van der Waals surface area contributed by atoms with E-state index in [0.29, 0.717) is 18.3 Å². The van der Waals surface area contributed by atoms with E-state index in [2.05, 4.69) is 15.6 Å². The van der Waals surface area contributed by atoms with E-state index in [1.807, 2.05) is 6.92 Å². The Morgan fingerprint density at radius 3 is 2.52 bits per heavy atom. The van der Waals surface area contributed by atoms with Gasteiger partial charge in [0.25, 0.3) is 0 Å². The zero-order valence-electron chi connectivity index (χ0n) is 15.7. The van der Waals surface area contributed by atoms with Gasteiger partial charge in [0.2, 0.25) is 10.0 Å². The predicted octanol–water partition coefficient (Wildman–Crippen LogP) is 1.70. The van der Waals surface area contributed by atoms with E-state index in [0.717, 1.165) is 31.2 Å². The molecule has 0 amide bonds. The summed E-state index contributed by atoms with van der Waals surface area (Å²) in [6.45, 7) is 2.48. The Balaban J connectivity index is 0.00000364. The van der Waals surface area contributed by atoms with Crippen LogP contribution in [0.15, 0.2) is 34.2 Å². The van der Waals surface area contributed by atoms with E-state index >= 15 is 0 Å². The number of benzene rings is 1. The molecule has 0 heterocycles. The molecule has 4 N–H and O–H groups in total. The number of nitrogens with two attached hydrogens (primary N) is 1. The number of hydrogen-bond donors (Lipinski definition) is 3. The van der Waals surface area contributed by atoms with Crippen molar-refractivity contribution in [2.45, 2.75) is 55.3 Å². The van der Waals surface area contributed by atoms with Crippen molar-refractivity contribution in [1.82, 2.24) is 10.6 Å². The Bertz CT molecular complexity index is 754. The molecule has 10 heteroatoms. The number of nitrogens with one attached hydrogen (secondary N) is 2. The lowest BCUT2D eigenvalue weighted by atomic mass is 9.95. The van der Waals surface area contributed by atoms with Gasteiger partial charge in [-0.05, 0) is 37.0 Å². The standard InChI is InChI=1S/C17H28N4O3S2.HI/c1-3-25(22)15-6-4-5-14(11-15)21-17(19-2)20-12-13-7-9-16(10-8-13)26(18,23)24;/h7-10,14-15H,3-6,11-12H2,1-2H3,(H2,18,23,24)(H2,19,20,21);1H. The quantitative estimate of drug-likeness (QED) is 0.296. The number of nitrogens with zero attached hydrogens (tertiary/aromatic N) is 1. The maximum Gasteiger partial charge on any atom is 0.238 e. The van der Waals surface area contributed by atoms with Crippen LogP contribution < -0.4 is 15.8 Å². The SMILES string of the molecule is CCS(=O)C1CCCC(NC(=NC)NCc2ccc(S(N)(=O)=O)cc2)C1.I. The van der Waals surface area contributed by atoms with Gasteiger partial charge in [0.05, 0.1) is 4.90 Å². The fourth-order valence-electron chi connectivity index (χ4n) is 3.12. The Hall–Kier alpha value is -0.720. The first kappa shape index (κ1) is 24.3. The Morgan fingerprint density at radius 1 is 1.30 bits per heavy atom. The van der Waals surface area contributed by atoms with Gasteiger partial charge in [0, 0.05) is 41.4 Å². The molecular weight excluding hydrogens is 499 g/mol. The second kappa shape index (κ2) is 11.3. The summed E-state index contributed by atoms with van der Waals surface area (Å²) < 4.78 is 34.6. The lowest BCUT2D eigenvalue weighted by molar-refractivity contribution is 0.413. The van der Waals surface area contributed by atoms with Crippen LogP contribution in [0.4, 0.5) is 0 Å². The highest BCUT2D eigenvalue weighted by Crippen LogP contribution is 2.23. The van der Waals surface area contributed by atoms with Gasteiger partial charge >= 0.3 is 0 Å². The third-order valence-corrected chi connectivity index (χ3v) is 7.23. The molecule has 0 spiro atoms. The van der Waals surface area contributed by atoms with Crippen molar-refractivity contribution in [2.24, 2.45) is 10.1 Å². The molecule has 3 unspecified atom stereocenters. The number of hydrogen-bond acceptors (Lipinski definition) is 4. The molecule has 1 aliphatic rings. The lowest BCUT2D eigenvalue weighted by Crippen LogP contribution is -2.46. The highest BCUT2D eigenvalue weighted by molar-refractivity contribution is 14.0. The first-order valence-corrected chi connectivity index (χ1v) is 11.7. The molecule has 1 aromatic rings. The van der Waals surface area contributed by atoms with Crippen molar-refractivity contribution >= 4 is 50.8 Å². The van der Waals surface area contributed by atoms with Crippen LogP contribution in [0.1, 0.15) is 38.2 Å². The number of aliphatic imine (C=N–C) groups is 1. The molecule has 7 nitrogen and oxygen atoms in total. The van der Waals surface area contributed by atoms with Gasteiger partial charge in [-0.1, -0.05) is 25.5 Å². The van der Waals surface area contributed by atoms with Crippen LogP contribution in [0.3, 0.4) is 0 Å². The summed E-state index contributed by atoms with van der Waals surface area (Å²) in [4.78, 5) is 4.34. The normalized spacial score (nSPS) is 21.8. The minimum absolute atomic E-state index is 0. The molecule has 3 atom stereocenters. The van der Waals surface area contributed by atoms with E-state index in [4.69, 9.17) is 5.14 Å². The third-order valence-electron chi connectivity index (χ3n) is 4.56. The zero-order chi connectivity index (χ0) is 19.2. The summed E-state index contributed by atoms with van der Waals surface area (Å²) in [5.41, 5.74) is 0.925. The van der Waals surface area contributed by atoms with Crippen molar-refractivity contribution in [1.29, 1.82) is 0 Å². The summed E-state index contributed by atoms with van der Waals surface area (Å²) in [6.07, 6.45) is 4.03. The average Bonchev–Trinajstić information content (AvgIpc) is 2.64. The molecule has 1 aromatic carbocycles. The van der Waals surface area contributed by atoms with Gasteiger partial charge in [0.15, 0.2) is 5.96 Å². The molecular formula is C17H29IN4O3S2. The van der Waals surface area contributed by atoms with Gasteiger partial charge in [-0.15, -0.1) is 24.0 Å². The largest absolute Gasteiger partial charge is 0.354 e. The maximum atomic E-state index is 12.1. The number of sulfonamides is 1. The summed E-state index contributed by atoms with van der Waals surface area (Å²) in [5.74, 6) is 1.40. The number of rotatable bonds is 6. The van der Waals surface area contributed by atoms with Gasteiger partial charge < -0.3 is 10.6 Å². The summed E-state index contributed by atoms with van der Waals surface area (Å²) >= 11 is 0. The summed E-state index contributed by atoms with van der Waals surface area (Å²) in [6, 6.07) is 6.70. The molecule has 2 rings (SSSR count). The molecule has 27 heavy (non-hydrogen) atoms. The maximum absolute atomic E-state index is 12.1. The highest BCUT2D eigenvalue weighted by atomic mass is 127. The topological polar surface area (TPSA) is 114 Å². The van der Waals surface area contributed by atoms with Crippen LogP contribution in [-0.4, -0.2) is 42.7 Å². The second-order valence-electron chi connectivity index (χ2n) is 6.41. The summed E-state index contributed by atoms with van der Waals surface area (Å²) in [5, 5.41) is 12.0. The lowest BCUT2D eigenvalue weighted by Gasteiger charge is -2.30. The van der Waals surface area contributed by atoms with Crippen LogP contribution >= 0.6 is 24.0 Å². The molecule has 1 saturated carbocycles. The van der Waals surface area contributed by atoms with Crippen LogP contribution in [-0.2, 0) is 27.4 Å². The molecule has 0 aromatic heterocycles. The minimum atomic E-state index is -3.67. The number of primary sulfonamides is 1. The molecule has 0 radical (unpaired) electrons. The van der Waals surface area contributed by atoms with E-state index < -0.39 is 20.8 Å². The van der Waals surface area contributed by atoms with Crippen LogP contribution in [0.25, 0.3) is 0 Å². The average molecular weight is 528 g/mol. The smallest absolute Gasteiger partial charge is 0.238 e. The fourth-order valence-corrected chi connectivity index (χ4v) is 4.98. The van der Waals surface area contributed by atoms with Crippen LogP contribution in [0, 0.1) is 0 Å². The number of guanidine groups is 1. The van der Waals surface area contributed by atoms with Crippen molar-refractivity contribution in [3.63, 3.8) is 0 Å². The molecule has 154 valence electrons. The van der Waals surface area contributed by atoms with Crippen molar-refractivity contribution in [2.75, 3.05) is 12.8 Å². The second-order valence-corrected chi connectivity index (χ2v) is 9.98. The Labute approximate surface area is 181 Å². The van der Waals surface area contributed by atoms with Crippen molar-refractivity contribution < 1.29 is 12.6 Å². The van der Waals surface area contributed by atoms with Crippen LogP contribution in [0.2, 0.25) is 0 Å². The Kier molecular flexibility index (Phi) is 10.2. The molecule has 1 fully saturated rings. The van der Waals surface area contributed by atoms with Gasteiger partial charge in [0.1, 0.15) is 0 Å². The predicted molar refractivity (Wildman–Crippen MR) is 121 cm³/mol. The monoisotopic (exact) mass is 528 g/mol. The van der Waals surface area contributed by atoms with E-state index in [1.165, 1.54) is 12.1 Å². The third kappa shape index (κ3) is 7.66. The van der Waals surface area contributed by atoms with Crippen molar-refractivity contribution in [3.8, 4) is 0 Å². The highest BCUT2D eigenvalue weighted by Gasteiger charge is 2.26. The summed E-state index contributed by atoms with van der Waals surface area (Å²) in [7, 11) is -2.71.